The fourth-order valence-corrected chi connectivity index (χ4v) is 6.96. The lowest BCUT2D eigenvalue weighted by molar-refractivity contribution is 0.292. The van der Waals surface area contributed by atoms with E-state index in [1.54, 1.807) is 17.0 Å². The van der Waals surface area contributed by atoms with Gasteiger partial charge in [0.15, 0.2) is 0 Å². The van der Waals surface area contributed by atoms with Gasteiger partial charge >= 0.3 is 4.87 Å². The molecule has 8 heteroatoms. The van der Waals surface area contributed by atoms with Crippen molar-refractivity contribution in [2.75, 3.05) is 0 Å². The van der Waals surface area contributed by atoms with Gasteiger partial charge in [-0.1, -0.05) is 114 Å². The SMILES string of the molecule is Cn1c(COc2ccc(Cc3sc(=O)n(C(c4ccccc4)(c4ccccc4)c4ccccc4)c3O)cc2)nc2cnccc21. The van der Waals surface area contributed by atoms with Crippen molar-refractivity contribution in [2.45, 2.75) is 18.6 Å². The van der Waals surface area contributed by atoms with E-state index in [1.807, 2.05) is 133 Å². The molecular weight excluding hydrogens is 580 g/mol. The fraction of sp³-hybridized carbons (Fsp3) is 0.108. The van der Waals surface area contributed by atoms with E-state index in [1.165, 1.54) is 0 Å². The Labute approximate surface area is 264 Å². The summed E-state index contributed by atoms with van der Waals surface area (Å²) in [4.78, 5) is 23.1. The van der Waals surface area contributed by atoms with Crippen LogP contribution in [-0.2, 0) is 25.6 Å². The highest BCUT2D eigenvalue weighted by Gasteiger charge is 2.42. The third kappa shape index (κ3) is 5.09. The summed E-state index contributed by atoms with van der Waals surface area (Å²) < 4.78 is 9.60. The molecule has 45 heavy (non-hydrogen) atoms. The molecule has 0 saturated carbocycles. The number of aromatic nitrogens is 4. The molecule has 1 N–H and O–H groups in total. The Morgan fingerprint density at radius 3 is 1.93 bits per heavy atom. The Morgan fingerprint density at radius 1 is 0.800 bits per heavy atom. The second-order valence-electron chi connectivity index (χ2n) is 10.8. The van der Waals surface area contributed by atoms with E-state index in [0.29, 0.717) is 23.7 Å². The van der Waals surface area contributed by atoms with Crippen molar-refractivity contribution in [2.24, 2.45) is 7.05 Å². The molecule has 7 rings (SSSR count). The number of imidazole rings is 1. The number of aromatic hydroxyl groups is 1. The number of nitrogens with zero attached hydrogens (tertiary/aromatic N) is 4. The standard InChI is InChI=1S/C37H30N4O3S/c1-40-32-21-22-38-24-31(32)39-34(40)25-44-30-19-17-26(18-20-30)23-33-35(42)41(36(43)45-33)37(27-11-5-2-6-12-27,28-13-7-3-8-14-28)29-15-9-4-10-16-29/h2-22,24,42H,23,25H2,1H3. The monoisotopic (exact) mass is 610 g/mol. The van der Waals surface area contributed by atoms with Gasteiger partial charge < -0.3 is 14.4 Å². The summed E-state index contributed by atoms with van der Waals surface area (Å²) in [5.41, 5.74) is 4.33. The van der Waals surface area contributed by atoms with Crippen LogP contribution in [0.5, 0.6) is 11.6 Å². The van der Waals surface area contributed by atoms with Crippen molar-refractivity contribution < 1.29 is 9.84 Å². The number of fused-ring (bicyclic) bond motifs is 1. The molecule has 0 atom stereocenters. The number of hydrogen-bond acceptors (Lipinski definition) is 6. The summed E-state index contributed by atoms with van der Waals surface area (Å²) in [7, 11) is 1.96. The van der Waals surface area contributed by atoms with Gasteiger partial charge in [0.25, 0.3) is 0 Å². The summed E-state index contributed by atoms with van der Waals surface area (Å²) in [5.74, 6) is 1.46. The van der Waals surface area contributed by atoms with E-state index in [0.717, 1.165) is 50.4 Å². The van der Waals surface area contributed by atoms with Crippen LogP contribution >= 0.6 is 11.3 Å². The van der Waals surface area contributed by atoms with Gasteiger partial charge in [0.2, 0.25) is 5.88 Å². The fourth-order valence-electron chi connectivity index (χ4n) is 6.01. The van der Waals surface area contributed by atoms with Gasteiger partial charge in [-0.05, 0) is 40.5 Å². The number of thiazole rings is 1. The van der Waals surface area contributed by atoms with Crippen LogP contribution in [-0.4, -0.2) is 24.2 Å². The van der Waals surface area contributed by atoms with Crippen LogP contribution in [0.1, 0.15) is 33.0 Å². The number of aryl methyl sites for hydroxylation is 1. The topological polar surface area (TPSA) is 82.2 Å². The summed E-state index contributed by atoms with van der Waals surface area (Å²) in [6.07, 6.45) is 3.89. The molecule has 0 saturated heterocycles. The van der Waals surface area contributed by atoms with Crippen LogP contribution < -0.4 is 9.61 Å². The first-order chi connectivity index (χ1) is 22.1. The van der Waals surface area contributed by atoms with Gasteiger partial charge in [0.05, 0.1) is 16.6 Å². The van der Waals surface area contributed by atoms with Crippen molar-refractivity contribution >= 4 is 22.4 Å². The molecule has 222 valence electrons. The van der Waals surface area contributed by atoms with Crippen molar-refractivity contribution in [3.63, 3.8) is 0 Å². The molecule has 7 nitrogen and oxygen atoms in total. The number of pyridine rings is 1. The van der Waals surface area contributed by atoms with Gasteiger partial charge in [-0.2, -0.15) is 0 Å². The normalized spacial score (nSPS) is 11.6. The molecule has 0 aliphatic heterocycles. The zero-order chi connectivity index (χ0) is 30.8. The minimum Gasteiger partial charge on any atom is -0.494 e. The Kier molecular flexibility index (Phi) is 7.49. The van der Waals surface area contributed by atoms with E-state index in [-0.39, 0.29) is 10.8 Å². The Morgan fingerprint density at radius 2 is 1.38 bits per heavy atom. The minimum absolute atomic E-state index is 0.0433. The summed E-state index contributed by atoms with van der Waals surface area (Å²) >= 11 is 1.07. The third-order valence-corrected chi connectivity index (χ3v) is 9.13. The molecule has 4 aromatic carbocycles. The third-order valence-electron chi connectivity index (χ3n) is 8.20. The van der Waals surface area contributed by atoms with Crippen LogP contribution in [0, 0.1) is 0 Å². The summed E-state index contributed by atoms with van der Waals surface area (Å²) in [6, 6.07) is 39.3. The molecule has 0 bridgehead atoms. The molecule has 0 spiro atoms. The first kappa shape index (κ1) is 28.3. The van der Waals surface area contributed by atoms with E-state index < -0.39 is 5.54 Å². The lowest BCUT2D eigenvalue weighted by atomic mass is 9.76. The number of benzene rings is 4. The lowest BCUT2D eigenvalue weighted by Crippen LogP contribution is -2.42. The highest BCUT2D eigenvalue weighted by Crippen LogP contribution is 2.43. The largest absolute Gasteiger partial charge is 0.494 e. The Bertz CT molecular complexity index is 2020. The molecule has 0 radical (unpaired) electrons. The zero-order valence-corrected chi connectivity index (χ0v) is 25.4. The van der Waals surface area contributed by atoms with Crippen LogP contribution in [0.15, 0.2) is 139 Å². The van der Waals surface area contributed by atoms with Crippen molar-refractivity contribution in [3.05, 3.63) is 176 Å². The van der Waals surface area contributed by atoms with E-state index in [9.17, 15) is 9.90 Å². The number of ether oxygens (including phenoxy) is 1. The summed E-state index contributed by atoms with van der Waals surface area (Å²) in [5, 5.41) is 11.9. The molecule has 0 unspecified atom stereocenters. The second-order valence-corrected chi connectivity index (χ2v) is 11.9. The highest BCUT2D eigenvalue weighted by molar-refractivity contribution is 7.09. The smallest absolute Gasteiger partial charge is 0.311 e. The average molecular weight is 611 g/mol. The van der Waals surface area contributed by atoms with Crippen LogP contribution in [0.2, 0.25) is 0 Å². The predicted octanol–water partition coefficient (Wildman–Crippen LogP) is 6.91. The molecule has 0 amide bonds. The van der Waals surface area contributed by atoms with Gasteiger partial charge in [0.1, 0.15) is 29.2 Å². The Hall–Kier alpha value is -5.47. The Balaban J connectivity index is 1.22. The maximum absolute atomic E-state index is 14.0. The minimum atomic E-state index is -1.08. The van der Waals surface area contributed by atoms with Gasteiger partial charge in [-0.25, -0.2) is 4.98 Å². The molecule has 0 aliphatic rings. The quantitative estimate of drug-likeness (QED) is 0.180. The van der Waals surface area contributed by atoms with Gasteiger partial charge in [0, 0.05) is 19.7 Å². The molecule has 0 aliphatic carbocycles. The van der Waals surface area contributed by atoms with Gasteiger partial charge in [-0.3, -0.25) is 14.3 Å². The molecule has 0 fully saturated rings. The highest BCUT2D eigenvalue weighted by atomic mass is 32.1. The van der Waals surface area contributed by atoms with Gasteiger partial charge in [-0.15, -0.1) is 0 Å². The molecular formula is C37H30N4O3S. The van der Waals surface area contributed by atoms with E-state index >= 15 is 0 Å². The van der Waals surface area contributed by atoms with Crippen LogP contribution in [0.4, 0.5) is 0 Å². The van der Waals surface area contributed by atoms with Crippen LogP contribution in [0.25, 0.3) is 11.0 Å². The second kappa shape index (κ2) is 11.9. The van der Waals surface area contributed by atoms with E-state index in [2.05, 4.69) is 9.97 Å². The average Bonchev–Trinajstić information content (AvgIpc) is 3.56. The first-order valence-electron chi connectivity index (χ1n) is 14.6. The van der Waals surface area contributed by atoms with Crippen molar-refractivity contribution in [1.82, 2.24) is 19.1 Å². The summed E-state index contributed by atoms with van der Waals surface area (Å²) in [6.45, 7) is 0.316. The maximum atomic E-state index is 14.0. The molecule has 3 aromatic heterocycles. The number of rotatable bonds is 9. The zero-order valence-electron chi connectivity index (χ0n) is 24.6. The molecule has 7 aromatic rings. The van der Waals surface area contributed by atoms with Crippen molar-refractivity contribution in [3.8, 4) is 11.6 Å². The van der Waals surface area contributed by atoms with Crippen molar-refractivity contribution in [1.29, 1.82) is 0 Å². The van der Waals surface area contributed by atoms with Crippen LogP contribution in [0.3, 0.4) is 0 Å². The van der Waals surface area contributed by atoms with E-state index in [4.69, 9.17) is 4.74 Å². The maximum Gasteiger partial charge on any atom is 0.311 e. The predicted molar refractivity (Wildman–Crippen MR) is 177 cm³/mol. The lowest BCUT2D eigenvalue weighted by Gasteiger charge is -2.37. The number of hydrogen-bond donors (Lipinski definition) is 1. The molecule has 3 heterocycles. The first-order valence-corrected chi connectivity index (χ1v) is 15.4.